The molecule has 1 atom stereocenters. The van der Waals surface area contributed by atoms with Crippen molar-refractivity contribution >= 4 is 0 Å². The van der Waals surface area contributed by atoms with E-state index >= 15 is 0 Å². The van der Waals surface area contributed by atoms with Crippen LogP contribution in [0.2, 0.25) is 0 Å². The quantitative estimate of drug-likeness (QED) is 0.501. The monoisotopic (exact) mass is 197 g/mol. The Labute approximate surface area is 87.9 Å². The Morgan fingerprint density at radius 1 is 1.14 bits per heavy atom. The van der Waals surface area contributed by atoms with Crippen molar-refractivity contribution in [3.05, 3.63) is 24.3 Å². The summed E-state index contributed by atoms with van der Waals surface area (Å²) in [5.41, 5.74) is 0. The number of aliphatic hydroxyl groups is 1. The summed E-state index contributed by atoms with van der Waals surface area (Å²) in [6.07, 6.45) is 10.3. The molecule has 0 saturated carbocycles. The van der Waals surface area contributed by atoms with Crippen LogP contribution in [0.5, 0.6) is 0 Å². The van der Waals surface area contributed by atoms with Gasteiger partial charge in [-0.3, -0.25) is 4.90 Å². The maximum Gasteiger partial charge on any atom is 0.104 e. The maximum absolute atomic E-state index is 9.33. The second kappa shape index (κ2) is 8.97. The van der Waals surface area contributed by atoms with Crippen LogP contribution in [0.3, 0.4) is 0 Å². The zero-order valence-corrected chi connectivity index (χ0v) is 9.61. The van der Waals surface area contributed by atoms with E-state index in [4.69, 9.17) is 0 Å². The van der Waals surface area contributed by atoms with Gasteiger partial charge in [-0.15, -0.1) is 0 Å². The summed E-state index contributed by atoms with van der Waals surface area (Å²) in [6.45, 7) is 7.69. The normalized spacial score (nSPS) is 14.6. The van der Waals surface area contributed by atoms with Crippen LogP contribution in [-0.2, 0) is 0 Å². The van der Waals surface area contributed by atoms with Gasteiger partial charge >= 0.3 is 0 Å². The molecule has 0 aliphatic carbocycles. The van der Waals surface area contributed by atoms with E-state index < -0.39 is 0 Å². The molecule has 0 heterocycles. The average molecular weight is 197 g/mol. The summed E-state index contributed by atoms with van der Waals surface area (Å²) >= 11 is 0. The van der Waals surface area contributed by atoms with Crippen molar-refractivity contribution in [3.8, 4) is 0 Å². The van der Waals surface area contributed by atoms with Gasteiger partial charge < -0.3 is 5.11 Å². The molecule has 14 heavy (non-hydrogen) atoms. The number of nitrogens with zero attached hydrogens (tertiary/aromatic N) is 1. The van der Waals surface area contributed by atoms with Gasteiger partial charge in [0.05, 0.1) is 0 Å². The van der Waals surface area contributed by atoms with E-state index in [2.05, 4.69) is 38.2 Å². The molecule has 0 aromatic rings. The Balaban J connectivity index is 3.63. The van der Waals surface area contributed by atoms with Crippen molar-refractivity contribution in [3.63, 3.8) is 0 Å². The first-order valence-electron chi connectivity index (χ1n) is 5.44. The van der Waals surface area contributed by atoms with E-state index in [1.807, 2.05) is 4.90 Å². The fourth-order valence-electron chi connectivity index (χ4n) is 1.19. The lowest BCUT2D eigenvalue weighted by Crippen LogP contribution is -2.32. The van der Waals surface area contributed by atoms with Gasteiger partial charge in [-0.2, -0.15) is 0 Å². The minimum Gasteiger partial charge on any atom is -0.379 e. The molecule has 0 radical (unpaired) electrons. The van der Waals surface area contributed by atoms with E-state index in [0.29, 0.717) is 0 Å². The van der Waals surface area contributed by atoms with Crippen LogP contribution in [0.1, 0.15) is 33.6 Å². The smallest absolute Gasteiger partial charge is 0.104 e. The zero-order valence-electron chi connectivity index (χ0n) is 9.61. The zero-order chi connectivity index (χ0) is 10.8. The van der Waals surface area contributed by atoms with Gasteiger partial charge in [0.15, 0.2) is 0 Å². The third kappa shape index (κ3) is 6.87. The van der Waals surface area contributed by atoms with Gasteiger partial charge in [0, 0.05) is 6.54 Å². The number of rotatable bonds is 7. The van der Waals surface area contributed by atoms with Gasteiger partial charge in [0.25, 0.3) is 0 Å². The van der Waals surface area contributed by atoms with Crippen molar-refractivity contribution in [1.29, 1.82) is 0 Å². The molecule has 0 aliphatic heterocycles. The van der Waals surface area contributed by atoms with Crippen molar-refractivity contribution in [2.75, 3.05) is 13.1 Å². The van der Waals surface area contributed by atoms with Crippen molar-refractivity contribution in [1.82, 2.24) is 4.90 Å². The van der Waals surface area contributed by atoms with E-state index in [9.17, 15) is 5.11 Å². The van der Waals surface area contributed by atoms with Crippen LogP contribution < -0.4 is 0 Å². The number of aliphatic hydroxyl groups excluding tert-OH is 1. The van der Waals surface area contributed by atoms with Crippen LogP contribution in [0, 0.1) is 0 Å². The molecule has 1 unspecified atom stereocenters. The highest BCUT2D eigenvalue weighted by atomic mass is 16.3. The van der Waals surface area contributed by atoms with Crippen LogP contribution in [0.15, 0.2) is 24.3 Å². The van der Waals surface area contributed by atoms with Gasteiger partial charge in [-0.1, -0.05) is 38.2 Å². The molecule has 0 aromatic heterocycles. The molecule has 0 fully saturated rings. The topological polar surface area (TPSA) is 23.5 Å². The lowest BCUT2D eigenvalue weighted by atomic mass is 10.3. The molecular formula is C12H23NO. The Kier molecular flexibility index (Phi) is 8.59. The lowest BCUT2D eigenvalue weighted by molar-refractivity contribution is 0.0311. The predicted molar refractivity (Wildman–Crippen MR) is 62.1 cm³/mol. The maximum atomic E-state index is 9.33. The Morgan fingerprint density at radius 2 is 1.79 bits per heavy atom. The fraction of sp³-hybridized carbons (Fsp3) is 0.667. The molecule has 0 saturated heterocycles. The summed E-state index contributed by atoms with van der Waals surface area (Å²) in [6, 6.07) is 0. The van der Waals surface area contributed by atoms with Crippen LogP contribution in [-0.4, -0.2) is 29.3 Å². The standard InChI is InChI=1S/C12H23NO/c1-4-6-7-8-9-10-11-13(5-2)12(3)14/h6-7,9-10,12,14H,4-5,8,11H2,1-3H3. The third-order valence-corrected chi connectivity index (χ3v) is 2.12. The van der Waals surface area contributed by atoms with E-state index in [1.165, 1.54) is 0 Å². The molecule has 1 N–H and O–H groups in total. The largest absolute Gasteiger partial charge is 0.379 e. The molecule has 0 amide bonds. The minimum atomic E-state index is -0.351. The SMILES string of the molecule is CCC=CCC=CCN(CC)C(C)O. The summed E-state index contributed by atoms with van der Waals surface area (Å²) in [5.74, 6) is 0. The Morgan fingerprint density at radius 3 is 2.29 bits per heavy atom. The van der Waals surface area contributed by atoms with Crippen molar-refractivity contribution in [2.24, 2.45) is 0 Å². The second-order valence-corrected chi connectivity index (χ2v) is 3.31. The number of hydrogen-bond donors (Lipinski definition) is 1. The number of likely N-dealkylation sites (N-methyl/N-ethyl adjacent to an activating group) is 1. The van der Waals surface area contributed by atoms with E-state index in [0.717, 1.165) is 25.9 Å². The van der Waals surface area contributed by atoms with Gasteiger partial charge in [-0.05, 0) is 26.3 Å². The predicted octanol–water partition coefficient (Wildman–Crippen LogP) is 2.56. The molecule has 0 spiro atoms. The van der Waals surface area contributed by atoms with Gasteiger partial charge in [0.2, 0.25) is 0 Å². The number of hydrogen-bond acceptors (Lipinski definition) is 2. The highest BCUT2D eigenvalue weighted by Crippen LogP contribution is 1.96. The highest BCUT2D eigenvalue weighted by molar-refractivity contribution is 4.93. The molecule has 2 nitrogen and oxygen atoms in total. The molecule has 0 rings (SSSR count). The van der Waals surface area contributed by atoms with Crippen LogP contribution in [0.4, 0.5) is 0 Å². The summed E-state index contributed by atoms with van der Waals surface area (Å²) in [4.78, 5) is 2.00. The van der Waals surface area contributed by atoms with Crippen molar-refractivity contribution in [2.45, 2.75) is 39.8 Å². The molecule has 2 heteroatoms. The first-order chi connectivity index (χ1) is 6.72. The van der Waals surface area contributed by atoms with Crippen LogP contribution >= 0.6 is 0 Å². The molecule has 0 aliphatic rings. The van der Waals surface area contributed by atoms with E-state index in [1.54, 1.807) is 6.92 Å². The van der Waals surface area contributed by atoms with Crippen molar-refractivity contribution < 1.29 is 5.11 Å². The summed E-state index contributed by atoms with van der Waals surface area (Å²) in [5, 5.41) is 9.33. The average Bonchev–Trinajstić information content (AvgIpc) is 2.16. The fourth-order valence-corrected chi connectivity index (χ4v) is 1.19. The highest BCUT2D eigenvalue weighted by Gasteiger charge is 2.04. The van der Waals surface area contributed by atoms with E-state index in [-0.39, 0.29) is 6.23 Å². The lowest BCUT2D eigenvalue weighted by Gasteiger charge is -2.21. The van der Waals surface area contributed by atoms with Gasteiger partial charge in [0.1, 0.15) is 6.23 Å². The third-order valence-electron chi connectivity index (χ3n) is 2.12. The minimum absolute atomic E-state index is 0.351. The molecular weight excluding hydrogens is 174 g/mol. The summed E-state index contributed by atoms with van der Waals surface area (Å²) < 4.78 is 0. The first-order valence-corrected chi connectivity index (χ1v) is 5.44. The summed E-state index contributed by atoms with van der Waals surface area (Å²) in [7, 11) is 0. The molecule has 82 valence electrons. The second-order valence-electron chi connectivity index (χ2n) is 3.31. The number of allylic oxidation sites excluding steroid dienone is 3. The molecule has 0 aromatic carbocycles. The Hall–Kier alpha value is -0.600. The van der Waals surface area contributed by atoms with Crippen LogP contribution in [0.25, 0.3) is 0 Å². The first kappa shape index (κ1) is 13.4. The molecule has 0 bridgehead atoms. The Bertz CT molecular complexity index is 173. The van der Waals surface area contributed by atoms with Gasteiger partial charge in [-0.25, -0.2) is 0 Å².